The number of aliphatic hydroxyl groups excluding tert-OH is 11. The van der Waals surface area contributed by atoms with Crippen LogP contribution in [0.25, 0.3) is 0 Å². The fourth-order valence-electron chi connectivity index (χ4n) is 6.71. The average molecular weight is 812 g/mol. The van der Waals surface area contributed by atoms with Gasteiger partial charge < -0.3 is 89.9 Å². The maximum Gasteiger partial charge on any atom is 0.217 e. The van der Waals surface area contributed by atoms with Crippen LogP contribution in [0.3, 0.4) is 0 Å². The zero-order valence-corrected chi connectivity index (χ0v) is 32.1. The van der Waals surface area contributed by atoms with Crippen molar-refractivity contribution in [2.75, 3.05) is 26.4 Å². The molecule has 17 atom stereocenters. The predicted octanol–water partition coefficient (Wildman–Crippen LogP) is -3.04. The first kappa shape index (κ1) is 48.6. The molecule has 3 saturated heterocycles. The quantitative estimate of drug-likeness (QED) is 0.0361. The summed E-state index contributed by atoms with van der Waals surface area (Å²) in [7, 11) is 0. The smallest absolute Gasteiger partial charge is 0.217 e. The van der Waals surface area contributed by atoms with E-state index in [1.54, 1.807) is 6.08 Å². The van der Waals surface area contributed by atoms with Gasteiger partial charge in [0.05, 0.1) is 38.6 Å². The Morgan fingerprint density at radius 1 is 0.625 bits per heavy atom. The SMILES string of the molecule is CCCCCCCC/C=C/CC/C=C/C(O)C(COC1OC(CO)C(OC2OC(CO)C(OC3OC(CO)C(O)C(O)C3O)C(O)C2O)C(O)C1O)NC(C)=O. The summed E-state index contributed by atoms with van der Waals surface area (Å²) in [5, 5.41) is 117. The number of nitrogens with one attached hydrogen (secondary N) is 1. The first-order valence-electron chi connectivity index (χ1n) is 19.5. The zero-order valence-electron chi connectivity index (χ0n) is 32.1. The monoisotopic (exact) mass is 811 g/mol. The van der Waals surface area contributed by atoms with Crippen molar-refractivity contribution in [2.24, 2.45) is 0 Å². The lowest BCUT2D eigenvalue weighted by molar-refractivity contribution is -0.379. The summed E-state index contributed by atoms with van der Waals surface area (Å²) in [6, 6.07) is -0.984. The number of unbranched alkanes of at least 4 members (excludes halogenated alkanes) is 7. The van der Waals surface area contributed by atoms with Crippen molar-refractivity contribution in [1.82, 2.24) is 5.32 Å². The molecule has 3 fully saturated rings. The molecular weight excluding hydrogens is 746 g/mol. The Kier molecular flexibility index (Phi) is 21.7. The topological polar surface area (TPSA) is 307 Å². The van der Waals surface area contributed by atoms with Gasteiger partial charge in [-0.25, -0.2) is 0 Å². The number of hydrogen-bond acceptors (Lipinski definition) is 18. The molecule has 12 N–H and O–H groups in total. The van der Waals surface area contributed by atoms with E-state index in [1.807, 2.05) is 0 Å². The van der Waals surface area contributed by atoms with Crippen molar-refractivity contribution in [2.45, 2.75) is 176 Å². The van der Waals surface area contributed by atoms with Gasteiger partial charge in [-0.3, -0.25) is 4.79 Å². The molecule has 3 aliphatic rings. The van der Waals surface area contributed by atoms with Crippen molar-refractivity contribution in [3.8, 4) is 0 Å². The molecule has 0 spiro atoms. The van der Waals surface area contributed by atoms with E-state index < -0.39 is 130 Å². The number of allylic oxidation sites excluding steroid dienone is 3. The molecule has 3 rings (SSSR count). The third-order valence-electron chi connectivity index (χ3n) is 10.0. The summed E-state index contributed by atoms with van der Waals surface area (Å²) in [6.07, 6.45) is -9.44. The van der Waals surface area contributed by atoms with Crippen LogP contribution < -0.4 is 5.32 Å². The molecule has 0 aromatic heterocycles. The van der Waals surface area contributed by atoms with Gasteiger partial charge in [-0.2, -0.15) is 0 Å². The number of aliphatic hydroxyl groups is 11. The highest BCUT2D eigenvalue weighted by molar-refractivity contribution is 5.73. The van der Waals surface area contributed by atoms with E-state index in [-0.39, 0.29) is 6.61 Å². The van der Waals surface area contributed by atoms with Crippen LogP contribution in [-0.4, -0.2) is 193 Å². The molecular formula is C37H65NO18. The highest BCUT2D eigenvalue weighted by atomic mass is 16.8. The minimum atomic E-state index is -1.97. The minimum Gasteiger partial charge on any atom is -0.394 e. The maximum atomic E-state index is 11.9. The van der Waals surface area contributed by atoms with Gasteiger partial charge in [-0.1, -0.05) is 63.3 Å². The normalized spacial score (nSPS) is 37.9. The second kappa shape index (κ2) is 25.0. The van der Waals surface area contributed by atoms with E-state index in [4.69, 9.17) is 28.4 Å². The van der Waals surface area contributed by atoms with Crippen LogP contribution in [-0.2, 0) is 33.2 Å². The fraction of sp³-hybridized carbons (Fsp3) is 0.865. The Morgan fingerprint density at radius 2 is 1.11 bits per heavy atom. The highest BCUT2D eigenvalue weighted by Crippen LogP contribution is 2.32. The Balaban J connectivity index is 1.55. The van der Waals surface area contributed by atoms with E-state index in [0.29, 0.717) is 6.42 Å². The standard InChI is InChI=1S/C37H65NO18/c1-3-4-5-6-7-8-9-10-11-12-13-14-15-22(43)21(38-20(2)42)19-51-35-31(49)28(46)33(24(17-40)53-35)56-37-32(50)29(47)34(25(18-41)54-37)55-36-30(48)27(45)26(44)23(16-39)52-36/h10-11,14-15,21-37,39-41,43-50H,3-9,12-13,16-19H2,1-2H3,(H,38,42)/b11-10+,15-14+. The van der Waals surface area contributed by atoms with Crippen molar-refractivity contribution in [3.05, 3.63) is 24.3 Å². The summed E-state index contributed by atoms with van der Waals surface area (Å²) in [6.45, 7) is 0.634. The minimum absolute atomic E-state index is 0.383. The summed E-state index contributed by atoms with van der Waals surface area (Å²) < 4.78 is 33.4. The Hall–Kier alpha value is -1.73. The first-order valence-corrected chi connectivity index (χ1v) is 19.5. The summed E-state index contributed by atoms with van der Waals surface area (Å²) in [5.41, 5.74) is 0. The van der Waals surface area contributed by atoms with E-state index in [0.717, 1.165) is 19.3 Å². The number of carbonyl (C=O) groups excluding carboxylic acids is 1. The molecule has 0 aromatic rings. The molecule has 19 nitrogen and oxygen atoms in total. The summed E-state index contributed by atoms with van der Waals surface area (Å²) >= 11 is 0. The molecule has 19 heteroatoms. The summed E-state index contributed by atoms with van der Waals surface area (Å²) in [4.78, 5) is 11.9. The van der Waals surface area contributed by atoms with Crippen LogP contribution in [0.5, 0.6) is 0 Å². The van der Waals surface area contributed by atoms with Gasteiger partial charge >= 0.3 is 0 Å². The van der Waals surface area contributed by atoms with Gasteiger partial charge in [0.1, 0.15) is 73.2 Å². The first-order chi connectivity index (χ1) is 26.8. The van der Waals surface area contributed by atoms with Gasteiger partial charge in [0, 0.05) is 6.92 Å². The highest BCUT2D eigenvalue weighted by Gasteiger charge is 2.53. The number of carbonyl (C=O) groups is 1. The molecule has 0 aromatic carbocycles. The number of ether oxygens (including phenoxy) is 6. The van der Waals surface area contributed by atoms with Crippen molar-refractivity contribution in [3.63, 3.8) is 0 Å². The van der Waals surface area contributed by atoms with Crippen molar-refractivity contribution >= 4 is 5.91 Å². The number of rotatable bonds is 23. The second-order valence-corrected chi connectivity index (χ2v) is 14.5. The van der Waals surface area contributed by atoms with Crippen LogP contribution in [0.1, 0.15) is 71.6 Å². The van der Waals surface area contributed by atoms with Gasteiger partial charge in [0.25, 0.3) is 0 Å². The van der Waals surface area contributed by atoms with Gasteiger partial charge in [0.15, 0.2) is 18.9 Å². The molecule has 0 saturated carbocycles. The lowest BCUT2D eigenvalue weighted by Crippen LogP contribution is -2.66. The molecule has 326 valence electrons. The van der Waals surface area contributed by atoms with Crippen molar-refractivity contribution < 1.29 is 89.4 Å². The molecule has 3 heterocycles. The summed E-state index contributed by atoms with van der Waals surface area (Å²) in [5.74, 6) is -0.467. The van der Waals surface area contributed by atoms with E-state index >= 15 is 0 Å². The number of amides is 1. The van der Waals surface area contributed by atoms with Gasteiger partial charge in [0.2, 0.25) is 5.91 Å². The van der Waals surface area contributed by atoms with Crippen LogP contribution >= 0.6 is 0 Å². The molecule has 0 radical (unpaired) electrons. The lowest BCUT2D eigenvalue weighted by Gasteiger charge is -2.48. The molecule has 1 amide bonds. The van der Waals surface area contributed by atoms with Gasteiger partial charge in [-0.15, -0.1) is 0 Å². The van der Waals surface area contributed by atoms with E-state index in [1.165, 1.54) is 45.1 Å². The lowest BCUT2D eigenvalue weighted by atomic mass is 9.96. The number of hydrogen-bond donors (Lipinski definition) is 12. The van der Waals surface area contributed by atoms with E-state index in [2.05, 4.69) is 24.4 Å². The maximum absolute atomic E-state index is 11.9. The van der Waals surface area contributed by atoms with Crippen LogP contribution in [0.15, 0.2) is 24.3 Å². The van der Waals surface area contributed by atoms with Crippen molar-refractivity contribution in [1.29, 1.82) is 0 Å². The molecule has 0 bridgehead atoms. The fourth-order valence-corrected chi connectivity index (χ4v) is 6.71. The Morgan fingerprint density at radius 3 is 1.68 bits per heavy atom. The third kappa shape index (κ3) is 13.9. The average Bonchev–Trinajstić information content (AvgIpc) is 3.18. The zero-order chi connectivity index (χ0) is 41.4. The van der Waals surface area contributed by atoms with Crippen LogP contribution in [0.2, 0.25) is 0 Å². The predicted molar refractivity (Wildman–Crippen MR) is 194 cm³/mol. The molecule has 56 heavy (non-hydrogen) atoms. The Bertz CT molecular complexity index is 1160. The van der Waals surface area contributed by atoms with E-state index in [9.17, 15) is 61.0 Å². The largest absolute Gasteiger partial charge is 0.394 e. The second-order valence-electron chi connectivity index (χ2n) is 14.5. The molecule has 17 unspecified atom stereocenters. The molecule has 3 aliphatic heterocycles. The molecule has 0 aliphatic carbocycles. The third-order valence-corrected chi connectivity index (χ3v) is 10.0. The Labute approximate surface area is 327 Å². The van der Waals surface area contributed by atoms with Gasteiger partial charge in [-0.05, 0) is 25.7 Å². The van der Waals surface area contributed by atoms with Crippen LogP contribution in [0, 0.1) is 0 Å². The van der Waals surface area contributed by atoms with Crippen LogP contribution in [0.4, 0.5) is 0 Å².